The number of anilines is 2. The van der Waals surface area contributed by atoms with E-state index in [4.69, 9.17) is 0 Å². The number of hydrogen-bond acceptors (Lipinski definition) is 6. The molecule has 0 spiro atoms. The first-order valence-electron chi connectivity index (χ1n) is 5.45. The van der Waals surface area contributed by atoms with Gasteiger partial charge in [0.1, 0.15) is 5.69 Å². The standard InChI is InChI=1S/C12H9N3O5.Na/c16-12-4-2-1-3-10(12)13-9-6-5-8(14(17)18)7-11(9)15(19)20;/h1-7,13,16H;/q;+1/p-1. The predicted molar refractivity (Wildman–Crippen MR) is 68.9 cm³/mol. The first-order valence-corrected chi connectivity index (χ1v) is 5.45. The zero-order valence-electron chi connectivity index (χ0n) is 11.0. The first kappa shape index (κ1) is 16.9. The summed E-state index contributed by atoms with van der Waals surface area (Å²) in [5, 5.41) is 35.7. The van der Waals surface area contributed by atoms with Gasteiger partial charge in [0, 0.05) is 11.8 Å². The van der Waals surface area contributed by atoms with E-state index in [0.29, 0.717) is 0 Å². The van der Waals surface area contributed by atoms with E-state index in [-0.39, 0.29) is 46.7 Å². The average molecular weight is 297 g/mol. The molecule has 2 rings (SSSR count). The number of non-ortho nitro benzene ring substituents is 1. The van der Waals surface area contributed by atoms with Gasteiger partial charge in [-0.3, -0.25) is 20.2 Å². The maximum absolute atomic E-state index is 11.5. The van der Waals surface area contributed by atoms with Crippen LogP contribution in [0.4, 0.5) is 22.7 Å². The van der Waals surface area contributed by atoms with Crippen LogP contribution in [0.25, 0.3) is 0 Å². The van der Waals surface area contributed by atoms with Crippen molar-refractivity contribution < 1.29 is 44.5 Å². The molecular formula is C12H8N3NaO5. The molecule has 0 aliphatic heterocycles. The van der Waals surface area contributed by atoms with E-state index in [2.05, 4.69) is 5.32 Å². The molecule has 0 saturated heterocycles. The number of para-hydroxylation sites is 2. The fourth-order valence-corrected chi connectivity index (χ4v) is 1.61. The van der Waals surface area contributed by atoms with Crippen molar-refractivity contribution in [2.24, 2.45) is 0 Å². The van der Waals surface area contributed by atoms with Crippen LogP contribution in [0.15, 0.2) is 42.5 Å². The second-order valence-electron chi connectivity index (χ2n) is 3.84. The smallest absolute Gasteiger partial charge is 0.871 e. The summed E-state index contributed by atoms with van der Waals surface area (Å²) in [6.07, 6.45) is 0. The van der Waals surface area contributed by atoms with Crippen molar-refractivity contribution in [3.05, 3.63) is 62.7 Å². The molecule has 0 amide bonds. The van der Waals surface area contributed by atoms with E-state index >= 15 is 0 Å². The number of nitrogens with one attached hydrogen (secondary N) is 1. The van der Waals surface area contributed by atoms with Gasteiger partial charge in [-0.1, -0.05) is 23.9 Å². The van der Waals surface area contributed by atoms with E-state index in [1.165, 1.54) is 24.3 Å². The molecule has 0 radical (unpaired) electrons. The van der Waals surface area contributed by atoms with E-state index in [9.17, 15) is 25.3 Å². The zero-order valence-corrected chi connectivity index (χ0v) is 13.0. The Morgan fingerprint density at radius 1 is 0.905 bits per heavy atom. The maximum Gasteiger partial charge on any atom is 1.00 e. The minimum Gasteiger partial charge on any atom is -0.871 e. The summed E-state index contributed by atoms with van der Waals surface area (Å²) in [5.41, 5.74) is -0.687. The Balaban J connectivity index is 0.00000220. The summed E-state index contributed by atoms with van der Waals surface area (Å²) in [7, 11) is 0. The largest absolute Gasteiger partial charge is 1.00 e. The van der Waals surface area contributed by atoms with Crippen molar-refractivity contribution in [2.75, 3.05) is 5.32 Å². The Bertz CT molecular complexity index is 692. The number of hydrogen-bond donors (Lipinski definition) is 1. The zero-order chi connectivity index (χ0) is 14.7. The molecule has 0 heterocycles. The van der Waals surface area contributed by atoms with Crippen molar-refractivity contribution in [3.8, 4) is 5.75 Å². The molecule has 9 heteroatoms. The quantitative estimate of drug-likeness (QED) is 0.453. The fraction of sp³-hybridized carbons (Fsp3) is 0. The van der Waals surface area contributed by atoms with Gasteiger partial charge in [0.15, 0.2) is 0 Å². The number of rotatable bonds is 4. The van der Waals surface area contributed by atoms with Gasteiger partial charge in [0.25, 0.3) is 11.4 Å². The Kier molecular flexibility index (Phi) is 5.65. The Hall–Kier alpha value is -2.16. The third-order valence-corrected chi connectivity index (χ3v) is 2.55. The molecule has 0 saturated carbocycles. The van der Waals surface area contributed by atoms with Gasteiger partial charge in [0.2, 0.25) is 0 Å². The summed E-state index contributed by atoms with van der Waals surface area (Å²) in [5.74, 6) is -0.333. The summed E-state index contributed by atoms with van der Waals surface area (Å²) in [4.78, 5) is 20.1. The minimum atomic E-state index is -0.747. The predicted octanol–water partition coefficient (Wildman–Crippen LogP) is -0.676. The topological polar surface area (TPSA) is 121 Å². The molecule has 102 valence electrons. The van der Waals surface area contributed by atoms with Crippen molar-refractivity contribution in [1.29, 1.82) is 0 Å². The van der Waals surface area contributed by atoms with Crippen molar-refractivity contribution in [3.63, 3.8) is 0 Å². The summed E-state index contributed by atoms with van der Waals surface area (Å²) in [6.45, 7) is 0. The molecule has 0 atom stereocenters. The van der Waals surface area contributed by atoms with Crippen LogP contribution in [0.5, 0.6) is 5.75 Å². The fourth-order valence-electron chi connectivity index (χ4n) is 1.61. The van der Waals surface area contributed by atoms with Gasteiger partial charge in [-0.05, 0) is 12.1 Å². The first-order chi connectivity index (χ1) is 9.49. The van der Waals surface area contributed by atoms with Crippen LogP contribution < -0.4 is 40.0 Å². The van der Waals surface area contributed by atoms with Crippen LogP contribution in [0.2, 0.25) is 0 Å². The van der Waals surface area contributed by atoms with E-state index in [1.807, 2.05) is 0 Å². The Morgan fingerprint density at radius 2 is 1.57 bits per heavy atom. The van der Waals surface area contributed by atoms with Crippen LogP contribution in [0.3, 0.4) is 0 Å². The Morgan fingerprint density at radius 3 is 2.14 bits per heavy atom. The van der Waals surface area contributed by atoms with E-state index < -0.39 is 21.2 Å². The average Bonchev–Trinajstić information content (AvgIpc) is 2.41. The van der Waals surface area contributed by atoms with E-state index in [0.717, 1.165) is 12.1 Å². The van der Waals surface area contributed by atoms with Gasteiger partial charge in [-0.25, -0.2) is 0 Å². The van der Waals surface area contributed by atoms with Gasteiger partial charge < -0.3 is 10.4 Å². The second kappa shape index (κ2) is 7.02. The maximum atomic E-state index is 11.5. The summed E-state index contributed by atoms with van der Waals surface area (Å²) < 4.78 is 0. The molecular weight excluding hydrogens is 289 g/mol. The van der Waals surface area contributed by atoms with Crippen molar-refractivity contribution >= 4 is 22.7 Å². The molecule has 21 heavy (non-hydrogen) atoms. The molecule has 0 unspecified atom stereocenters. The van der Waals surface area contributed by atoms with Gasteiger partial charge in [0.05, 0.1) is 15.9 Å². The SMILES string of the molecule is O=[N+]([O-])c1ccc(Nc2ccccc2[O-])c([N+](=O)[O-])c1.[Na+]. The monoisotopic (exact) mass is 297 g/mol. The Labute approximate surface area is 141 Å². The van der Waals surface area contributed by atoms with Gasteiger partial charge in [-0.15, -0.1) is 0 Å². The molecule has 0 aromatic heterocycles. The molecule has 2 aromatic rings. The van der Waals surface area contributed by atoms with Crippen LogP contribution in [0.1, 0.15) is 0 Å². The number of nitrogens with zero attached hydrogens (tertiary/aromatic N) is 2. The molecule has 2 aromatic carbocycles. The number of benzene rings is 2. The van der Waals surface area contributed by atoms with Crippen LogP contribution >= 0.6 is 0 Å². The van der Waals surface area contributed by atoms with Crippen molar-refractivity contribution in [1.82, 2.24) is 0 Å². The van der Waals surface area contributed by atoms with Crippen LogP contribution in [-0.4, -0.2) is 9.85 Å². The summed E-state index contributed by atoms with van der Waals surface area (Å²) in [6, 6.07) is 9.08. The molecule has 8 nitrogen and oxygen atoms in total. The third-order valence-electron chi connectivity index (χ3n) is 2.55. The second-order valence-corrected chi connectivity index (χ2v) is 3.84. The van der Waals surface area contributed by atoms with Gasteiger partial charge in [-0.2, -0.15) is 0 Å². The number of nitro groups is 2. The molecule has 0 aliphatic rings. The molecule has 0 fully saturated rings. The molecule has 0 aliphatic carbocycles. The van der Waals surface area contributed by atoms with Crippen LogP contribution in [-0.2, 0) is 0 Å². The molecule has 0 bridgehead atoms. The normalized spacial score (nSPS) is 9.52. The van der Waals surface area contributed by atoms with E-state index in [1.54, 1.807) is 6.07 Å². The molecule has 1 N–H and O–H groups in total. The third kappa shape index (κ3) is 3.91. The summed E-state index contributed by atoms with van der Waals surface area (Å²) >= 11 is 0. The van der Waals surface area contributed by atoms with Crippen LogP contribution in [0, 0.1) is 20.2 Å². The minimum absolute atomic E-state index is 0. The number of nitro benzene ring substituents is 2. The van der Waals surface area contributed by atoms with Crippen molar-refractivity contribution in [2.45, 2.75) is 0 Å². The van der Waals surface area contributed by atoms with Gasteiger partial charge >= 0.3 is 29.6 Å².